The Morgan fingerprint density at radius 2 is 1.44 bits per heavy atom. The molecule has 1 rings (SSSR count). The van der Waals surface area contributed by atoms with Crippen LogP contribution in [-0.2, 0) is 9.53 Å². The van der Waals surface area contributed by atoms with Crippen LogP contribution in [0.15, 0.2) is 12.2 Å². The van der Waals surface area contributed by atoms with Crippen LogP contribution in [0.3, 0.4) is 0 Å². The first-order chi connectivity index (χ1) is 7.89. The summed E-state index contributed by atoms with van der Waals surface area (Å²) in [5.74, 6) is -0.00648. The fourth-order valence-electron chi connectivity index (χ4n) is 1.92. The second-order valence-electron chi connectivity index (χ2n) is 4.49. The molecule has 16 heavy (non-hydrogen) atoms. The lowest BCUT2D eigenvalue weighted by atomic mass is 10.1. The van der Waals surface area contributed by atoms with Gasteiger partial charge in [0, 0.05) is 6.42 Å². The van der Waals surface area contributed by atoms with Gasteiger partial charge in [0.2, 0.25) is 0 Å². The van der Waals surface area contributed by atoms with Gasteiger partial charge in [-0.05, 0) is 44.9 Å². The van der Waals surface area contributed by atoms with Gasteiger partial charge in [0.15, 0.2) is 0 Å². The van der Waals surface area contributed by atoms with Crippen LogP contribution < -0.4 is 0 Å². The molecule has 0 atom stereocenters. The largest absolute Gasteiger partial charge is 0.466 e. The summed E-state index contributed by atoms with van der Waals surface area (Å²) in [6.07, 6.45) is 15.6. The van der Waals surface area contributed by atoms with Crippen LogP contribution >= 0.6 is 0 Å². The van der Waals surface area contributed by atoms with E-state index in [9.17, 15) is 4.79 Å². The van der Waals surface area contributed by atoms with E-state index in [1.807, 2.05) is 0 Å². The van der Waals surface area contributed by atoms with Crippen molar-refractivity contribution in [1.29, 1.82) is 0 Å². The normalized spacial score (nSPS) is 23.9. The molecule has 2 nitrogen and oxygen atoms in total. The first kappa shape index (κ1) is 13.3. The Kier molecular flexibility index (Phi) is 7.83. The molecular formula is C14H24O2. The van der Waals surface area contributed by atoms with Gasteiger partial charge in [-0.15, -0.1) is 0 Å². The lowest BCUT2D eigenvalue weighted by Gasteiger charge is -2.04. The standard InChI is InChI=1S/C14H24O2/c15-14-12-10-8-6-4-2-1-3-5-7-9-11-13-16-14/h1,3H,2,4-13H2/b3-1-. The SMILES string of the molecule is O=C1CCCCCC/C=C\CCCCCO1. The molecule has 0 fully saturated rings. The molecule has 1 aliphatic rings. The lowest BCUT2D eigenvalue weighted by Crippen LogP contribution is -2.05. The fraction of sp³-hybridized carbons (Fsp3) is 0.786. The smallest absolute Gasteiger partial charge is 0.305 e. The topological polar surface area (TPSA) is 26.3 Å². The van der Waals surface area contributed by atoms with E-state index < -0.39 is 0 Å². The highest BCUT2D eigenvalue weighted by Crippen LogP contribution is 2.09. The molecule has 0 unspecified atom stereocenters. The van der Waals surface area contributed by atoms with Gasteiger partial charge in [-0.3, -0.25) is 4.79 Å². The third-order valence-corrected chi connectivity index (χ3v) is 2.95. The highest BCUT2D eigenvalue weighted by Gasteiger charge is 2.02. The molecule has 92 valence electrons. The van der Waals surface area contributed by atoms with E-state index in [0.717, 1.165) is 25.7 Å². The Balaban J connectivity index is 2.19. The van der Waals surface area contributed by atoms with Crippen LogP contribution in [0.4, 0.5) is 0 Å². The average molecular weight is 224 g/mol. The third-order valence-electron chi connectivity index (χ3n) is 2.95. The van der Waals surface area contributed by atoms with Crippen molar-refractivity contribution < 1.29 is 9.53 Å². The first-order valence-electron chi connectivity index (χ1n) is 6.70. The molecule has 0 bridgehead atoms. The minimum Gasteiger partial charge on any atom is -0.466 e. The van der Waals surface area contributed by atoms with Crippen LogP contribution in [0.1, 0.15) is 64.2 Å². The summed E-state index contributed by atoms with van der Waals surface area (Å²) in [5, 5.41) is 0. The number of carbonyl (C=O) groups excluding carboxylic acids is 1. The Morgan fingerprint density at radius 1 is 0.812 bits per heavy atom. The van der Waals surface area contributed by atoms with Gasteiger partial charge < -0.3 is 4.74 Å². The molecule has 0 saturated carbocycles. The maximum Gasteiger partial charge on any atom is 0.305 e. The molecule has 0 spiro atoms. The van der Waals surface area contributed by atoms with Crippen LogP contribution in [0.25, 0.3) is 0 Å². The molecule has 1 heterocycles. The van der Waals surface area contributed by atoms with E-state index in [0.29, 0.717) is 13.0 Å². The second-order valence-corrected chi connectivity index (χ2v) is 4.49. The molecule has 0 saturated heterocycles. The molecule has 1 aliphatic heterocycles. The summed E-state index contributed by atoms with van der Waals surface area (Å²) < 4.78 is 5.16. The monoisotopic (exact) mass is 224 g/mol. The van der Waals surface area contributed by atoms with Crippen LogP contribution in [0.2, 0.25) is 0 Å². The number of esters is 1. The summed E-state index contributed by atoms with van der Waals surface area (Å²) in [5.41, 5.74) is 0. The predicted molar refractivity (Wildman–Crippen MR) is 66.3 cm³/mol. The van der Waals surface area contributed by atoms with Crippen LogP contribution in [0, 0.1) is 0 Å². The van der Waals surface area contributed by atoms with E-state index in [-0.39, 0.29) is 5.97 Å². The van der Waals surface area contributed by atoms with E-state index >= 15 is 0 Å². The predicted octanol–water partition coefficient (Wildman–Crippen LogP) is 4.00. The molecule has 0 amide bonds. The molecular weight excluding hydrogens is 200 g/mol. The summed E-state index contributed by atoms with van der Waals surface area (Å²) in [6.45, 7) is 0.614. The zero-order chi connectivity index (χ0) is 11.5. The highest BCUT2D eigenvalue weighted by atomic mass is 16.5. The van der Waals surface area contributed by atoms with Gasteiger partial charge in [-0.2, -0.15) is 0 Å². The zero-order valence-corrected chi connectivity index (χ0v) is 10.2. The molecule has 0 aromatic carbocycles. The summed E-state index contributed by atoms with van der Waals surface area (Å²) in [4.78, 5) is 11.3. The van der Waals surface area contributed by atoms with Crippen molar-refractivity contribution in [2.45, 2.75) is 64.2 Å². The van der Waals surface area contributed by atoms with Crippen molar-refractivity contribution >= 4 is 5.97 Å². The summed E-state index contributed by atoms with van der Waals surface area (Å²) in [7, 11) is 0. The third kappa shape index (κ3) is 7.49. The Bertz CT molecular complexity index is 189. The molecule has 0 aliphatic carbocycles. The van der Waals surface area contributed by atoms with E-state index in [1.165, 1.54) is 32.1 Å². The van der Waals surface area contributed by atoms with E-state index in [1.54, 1.807) is 0 Å². The maximum atomic E-state index is 11.3. The molecule has 0 N–H and O–H groups in total. The Morgan fingerprint density at radius 3 is 2.19 bits per heavy atom. The lowest BCUT2D eigenvalue weighted by molar-refractivity contribution is -0.143. The van der Waals surface area contributed by atoms with Crippen LogP contribution in [-0.4, -0.2) is 12.6 Å². The Hall–Kier alpha value is -0.790. The Labute approximate surface area is 99.1 Å². The van der Waals surface area contributed by atoms with E-state index in [2.05, 4.69) is 12.2 Å². The number of cyclic esters (lactones) is 1. The van der Waals surface area contributed by atoms with Crippen molar-refractivity contribution in [1.82, 2.24) is 0 Å². The zero-order valence-electron chi connectivity index (χ0n) is 10.2. The van der Waals surface area contributed by atoms with Crippen LogP contribution in [0.5, 0.6) is 0 Å². The molecule has 0 aromatic rings. The number of allylic oxidation sites excluding steroid dienone is 2. The fourth-order valence-corrected chi connectivity index (χ4v) is 1.92. The van der Waals surface area contributed by atoms with Gasteiger partial charge in [-0.1, -0.05) is 25.0 Å². The summed E-state index contributed by atoms with van der Waals surface area (Å²) in [6, 6.07) is 0. The molecule has 2 heteroatoms. The number of hydrogen-bond acceptors (Lipinski definition) is 2. The number of carbonyl (C=O) groups is 1. The molecule has 0 radical (unpaired) electrons. The van der Waals surface area contributed by atoms with Gasteiger partial charge in [0.05, 0.1) is 6.61 Å². The van der Waals surface area contributed by atoms with E-state index in [4.69, 9.17) is 4.74 Å². The number of hydrogen-bond donors (Lipinski definition) is 0. The van der Waals surface area contributed by atoms with Crippen molar-refractivity contribution in [3.8, 4) is 0 Å². The maximum absolute atomic E-state index is 11.3. The highest BCUT2D eigenvalue weighted by molar-refractivity contribution is 5.69. The minimum absolute atomic E-state index is 0.00648. The van der Waals surface area contributed by atoms with Gasteiger partial charge in [-0.25, -0.2) is 0 Å². The second kappa shape index (κ2) is 9.44. The minimum atomic E-state index is -0.00648. The van der Waals surface area contributed by atoms with Gasteiger partial charge in [0.1, 0.15) is 0 Å². The van der Waals surface area contributed by atoms with Gasteiger partial charge in [0.25, 0.3) is 0 Å². The average Bonchev–Trinajstić information content (AvgIpc) is 2.29. The summed E-state index contributed by atoms with van der Waals surface area (Å²) >= 11 is 0. The van der Waals surface area contributed by atoms with Crippen molar-refractivity contribution in [3.63, 3.8) is 0 Å². The van der Waals surface area contributed by atoms with Crippen molar-refractivity contribution in [2.24, 2.45) is 0 Å². The van der Waals surface area contributed by atoms with Gasteiger partial charge >= 0.3 is 5.97 Å². The van der Waals surface area contributed by atoms with Crippen molar-refractivity contribution in [3.05, 3.63) is 12.2 Å². The number of rotatable bonds is 0. The first-order valence-corrected chi connectivity index (χ1v) is 6.70. The van der Waals surface area contributed by atoms with Crippen molar-refractivity contribution in [2.75, 3.05) is 6.61 Å². The number of ether oxygens (including phenoxy) is 1. The molecule has 0 aromatic heterocycles. The quantitative estimate of drug-likeness (QED) is 0.459.